The van der Waals surface area contributed by atoms with Gasteiger partial charge in [0, 0.05) is 28.6 Å². The molecule has 0 saturated carbocycles. The lowest BCUT2D eigenvalue weighted by Crippen LogP contribution is -2.10. The van der Waals surface area contributed by atoms with Crippen LogP contribution < -0.4 is 4.90 Å². The van der Waals surface area contributed by atoms with Crippen LogP contribution in [-0.2, 0) is 0 Å². The average Bonchev–Trinajstić information content (AvgIpc) is 3.30. The number of para-hydroxylation sites is 2. The number of hydrogen-bond donors (Lipinski definition) is 0. The Hall–Kier alpha value is -2.53. The molecule has 2 nitrogen and oxygen atoms in total. The molecule has 0 spiro atoms. The molecule has 29 heavy (non-hydrogen) atoms. The summed E-state index contributed by atoms with van der Waals surface area (Å²) in [4.78, 5) is 3.41. The number of benzene rings is 3. The number of hydrogen-bond acceptors (Lipinski definition) is 2. The minimum absolute atomic E-state index is 0.719. The summed E-state index contributed by atoms with van der Waals surface area (Å²) >= 11 is 11.9. The van der Waals surface area contributed by atoms with Crippen LogP contribution in [-0.4, -0.2) is 4.57 Å². The van der Waals surface area contributed by atoms with Crippen LogP contribution in [0.1, 0.15) is 0 Å². The van der Waals surface area contributed by atoms with E-state index in [0.29, 0.717) is 0 Å². The predicted octanol–water partition coefficient (Wildman–Crippen LogP) is 8.58. The molecule has 5 heteroatoms. The Kier molecular flexibility index (Phi) is 4.92. The van der Waals surface area contributed by atoms with E-state index < -0.39 is 0 Å². The van der Waals surface area contributed by atoms with Gasteiger partial charge in [0.15, 0.2) is 0 Å². The van der Waals surface area contributed by atoms with Crippen molar-refractivity contribution in [3.63, 3.8) is 0 Å². The van der Waals surface area contributed by atoms with Crippen LogP contribution >= 0.6 is 38.9 Å². The van der Waals surface area contributed by atoms with Crippen molar-refractivity contribution in [2.45, 2.75) is 0 Å². The summed E-state index contributed by atoms with van der Waals surface area (Å²) in [5, 5.41) is 1.92. The molecule has 5 aromatic rings. The van der Waals surface area contributed by atoms with E-state index in [4.69, 9.17) is 11.6 Å². The lowest BCUT2D eigenvalue weighted by Gasteiger charge is -2.26. The number of halogens is 2. The van der Waals surface area contributed by atoms with Crippen molar-refractivity contribution in [2.75, 3.05) is 4.90 Å². The fourth-order valence-electron chi connectivity index (χ4n) is 3.51. The van der Waals surface area contributed by atoms with E-state index >= 15 is 0 Å². The van der Waals surface area contributed by atoms with Gasteiger partial charge in [-0.3, -0.25) is 0 Å². The Bertz CT molecular complexity index is 1240. The van der Waals surface area contributed by atoms with E-state index in [9.17, 15) is 0 Å². The summed E-state index contributed by atoms with van der Waals surface area (Å²) in [6.45, 7) is 0. The first kappa shape index (κ1) is 18.5. The van der Waals surface area contributed by atoms with Crippen molar-refractivity contribution in [1.29, 1.82) is 0 Å². The van der Waals surface area contributed by atoms with Crippen molar-refractivity contribution in [3.05, 3.63) is 106 Å². The van der Waals surface area contributed by atoms with Gasteiger partial charge in [0.05, 0.1) is 14.5 Å². The highest BCUT2D eigenvalue weighted by Crippen LogP contribution is 2.39. The zero-order valence-electron chi connectivity index (χ0n) is 15.3. The second-order valence-corrected chi connectivity index (χ2v) is 9.46. The summed E-state index contributed by atoms with van der Waals surface area (Å²) in [5.74, 6) is 0. The van der Waals surface area contributed by atoms with Crippen LogP contribution in [0.3, 0.4) is 0 Å². The highest BCUT2D eigenvalue weighted by molar-refractivity contribution is 9.11. The van der Waals surface area contributed by atoms with E-state index in [0.717, 1.165) is 31.6 Å². The highest BCUT2D eigenvalue weighted by atomic mass is 79.9. The minimum atomic E-state index is 0.719. The van der Waals surface area contributed by atoms with E-state index in [1.165, 1.54) is 10.2 Å². The number of anilines is 3. The minimum Gasteiger partial charge on any atom is -0.310 e. The molecule has 0 bridgehead atoms. The van der Waals surface area contributed by atoms with E-state index in [1.807, 2.05) is 18.2 Å². The Morgan fingerprint density at radius 1 is 0.759 bits per heavy atom. The third-order valence-electron chi connectivity index (χ3n) is 4.81. The van der Waals surface area contributed by atoms with Gasteiger partial charge in [-0.25, -0.2) is 0 Å². The van der Waals surface area contributed by atoms with E-state index in [1.54, 1.807) is 11.3 Å². The SMILES string of the molecule is Clc1ccc(N(c2ccccc2)c2ccccc2)cc1-n1ccc2cc(Br)sc21. The molecule has 3 aromatic carbocycles. The van der Waals surface area contributed by atoms with Gasteiger partial charge in [-0.2, -0.15) is 0 Å². The lowest BCUT2D eigenvalue weighted by atomic mass is 10.2. The molecule has 0 unspecified atom stereocenters. The fraction of sp³-hybridized carbons (Fsp3) is 0. The zero-order valence-corrected chi connectivity index (χ0v) is 18.5. The molecule has 0 aliphatic heterocycles. The van der Waals surface area contributed by atoms with Crippen LogP contribution in [0.4, 0.5) is 17.1 Å². The number of aromatic nitrogens is 1. The van der Waals surface area contributed by atoms with Gasteiger partial charge in [0.25, 0.3) is 0 Å². The molecule has 0 amide bonds. The molecule has 0 saturated heterocycles. The topological polar surface area (TPSA) is 8.17 Å². The molecule has 5 rings (SSSR count). The standard InChI is InChI=1S/C24H16BrClN2S/c25-23-15-17-13-14-27(24(17)29-23)22-16-20(11-12-21(22)26)28(18-7-3-1-4-8-18)19-9-5-2-6-10-19/h1-16H. The van der Waals surface area contributed by atoms with Crippen molar-refractivity contribution in [3.8, 4) is 5.69 Å². The summed E-state index contributed by atoms with van der Waals surface area (Å²) < 4.78 is 3.27. The highest BCUT2D eigenvalue weighted by Gasteiger charge is 2.16. The number of rotatable bonds is 4. The molecule has 0 atom stereocenters. The summed E-state index contributed by atoms with van der Waals surface area (Å²) in [5.41, 5.74) is 4.22. The van der Waals surface area contributed by atoms with Gasteiger partial charge in [0.1, 0.15) is 4.83 Å². The molecule has 2 aromatic heterocycles. The second kappa shape index (κ2) is 7.71. The molecule has 0 aliphatic carbocycles. The normalized spacial score (nSPS) is 11.1. The van der Waals surface area contributed by atoms with Crippen LogP contribution in [0.5, 0.6) is 0 Å². The molecular formula is C24H16BrClN2S. The van der Waals surface area contributed by atoms with Gasteiger partial charge < -0.3 is 9.47 Å². The monoisotopic (exact) mass is 478 g/mol. The first-order chi connectivity index (χ1) is 14.2. The summed E-state index contributed by atoms with van der Waals surface area (Å²) in [7, 11) is 0. The smallest absolute Gasteiger partial charge is 0.108 e. The largest absolute Gasteiger partial charge is 0.310 e. The summed E-state index contributed by atoms with van der Waals surface area (Å²) in [6, 6.07) is 31.2. The number of fused-ring (bicyclic) bond motifs is 1. The van der Waals surface area contributed by atoms with E-state index in [2.05, 4.69) is 104 Å². The molecule has 2 heterocycles. The second-order valence-electron chi connectivity index (χ2n) is 6.64. The molecule has 0 aliphatic rings. The van der Waals surface area contributed by atoms with Crippen molar-refractivity contribution in [2.24, 2.45) is 0 Å². The average molecular weight is 480 g/mol. The van der Waals surface area contributed by atoms with Gasteiger partial charge in [0.2, 0.25) is 0 Å². The molecule has 0 fully saturated rings. The van der Waals surface area contributed by atoms with Crippen molar-refractivity contribution >= 4 is 66.1 Å². The quantitative estimate of drug-likeness (QED) is 0.250. The van der Waals surface area contributed by atoms with Crippen LogP contribution in [0.15, 0.2) is 101 Å². The van der Waals surface area contributed by atoms with Crippen molar-refractivity contribution in [1.82, 2.24) is 4.57 Å². The summed E-state index contributed by atoms with van der Waals surface area (Å²) in [6.07, 6.45) is 2.08. The third kappa shape index (κ3) is 3.48. The fourth-order valence-corrected chi connectivity index (χ4v) is 5.30. The maximum absolute atomic E-state index is 6.65. The zero-order chi connectivity index (χ0) is 19.8. The lowest BCUT2D eigenvalue weighted by molar-refractivity contribution is 1.13. The molecule has 0 radical (unpaired) electrons. The molecule has 142 valence electrons. The Balaban J connectivity index is 1.69. The number of nitrogens with zero attached hydrogens (tertiary/aromatic N) is 2. The maximum atomic E-state index is 6.65. The van der Waals surface area contributed by atoms with Gasteiger partial charge in [-0.05, 0) is 70.5 Å². The first-order valence-corrected chi connectivity index (χ1v) is 11.2. The maximum Gasteiger partial charge on any atom is 0.108 e. The van der Waals surface area contributed by atoms with Crippen LogP contribution in [0, 0.1) is 0 Å². The van der Waals surface area contributed by atoms with E-state index in [-0.39, 0.29) is 0 Å². The molecule has 0 N–H and O–H groups in total. The third-order valence-corrected chi connectivity index (χ3v) is 6.78. The Morgan fingerprint density at radius 2 is 1.41 bits per heavy atom. The Labute approximate surface area is 186 Å². The molecular weight excluding hydrogens is 464 g/mol. The van der Waals surface area contributed by atoms with Crippen molar-refractivity contribution < 1.29 is 0 Å². The Morgan fingerprint density at radius 3 is 2.07 bits per heavy atom. The predicted molar refractivity (Wildman–Crippen MR) is 129 cm³/mol. The van der Waals surface area contributed by atoms with Gasteiger partial charge in [-0.1, -0.05) is 48.0 Å². The first-order valence-electron chi connectivity index (χ1n) is 9.17. The van der Waals surface area contributed by atoms with Gasteiger partial charge in [-0.15, -0.1) is 11.3 Å². The van der Waals surface area contributed by atoms with Gasteiger partial charge >= 0.3 is 0 Å². The van der Waals surface area contributed by atoms with Crippen LogP contribution in [0.2, 0.25) is 5.02 Å². The van der Waals surface area contributed by atoms with Crippen LogP contribution in [0.25, 0.3) is 15.9 Å². The number of thiophene rings is 1.